The number of nitrogens with zero attached hydrogens (tertiary/aromatic N) is 3. The first kappa shape index (κ1) is 19.2. The van der Waals surface area contributed by atoms with Crippen LogP contribution in [0.15, 0.2) is 51.4 Å². The minimum absolute atomic E-state index is 0.211. The number of amides is 1. The topological polar surface area (TPSA) is 90.0 Å². The lowest BCUT2D eigenvalue weighted by Crippen LogP contribution is -2.26. The van der Waals surface area contributed by atoms with Gasteiger partial charge in [0, 0.05) is 17.6 Å². The molecule has 0 aliphatic rings. The van der Waals surface area contributed by atoms with Gasteiger partial charge in [-0.3, -0.25) is 19.5 Å². The van der Waals surface area contributed by atoms with Gasteiger partial charge >= 0.3 is 0 Å². The first-order chi connectivity index (χ1) is 12.9. The Bertz CT molecular complexity index is 1080. The molecule has 1 amide bonds. The molecule has 0 aliphatic heterocycles. The molecular weight excluding hydrogens is 388 g/mol. The summed E-state index contributed by atoms with van der Waals surface area (Å²) in [4.78, 5) is 29.7. The second-order valence-corrected chi connectivity index (χ2v) is 7.59. The Morgan fingerprint density at radius 1 is 1.48 bits per heavy atom. The van der Waals surface area contributed by atoms with Crippen molar-refractivity contribution in [3.05, 3.63) is 58.0 Å². The number of benzene rings is 1. The second-order valence-electron chi connectivity index (χ2n) is 5.84. The number of carbonyl (C=O) groups is 1. The number of hydrogen-bond acceptors (Lipinski definition) is 6. The van der Waals surface area contributed by atoms with Gasteiger partial charge in [0.25, 0.3) is 5.56 Å². The van der Waals surface area contributed by atoms with Crippen molar-refractivity contribution in [3.8, 4) is 0 Å². The summed E-state index contributed by atoms with van der Waals surface area (Å²) < 4.78 is 6.48. The maximum absolute atomic E-state index is 12.8. The van der Waals surface area contributed by atoms with Gasteiger partial charge in [0.05, 0.1) is 21.8 Å². The van der Waals surface area contributed by atoms with E-state index in [-0.39, 0.29) is 23.9 Å². The van der Waals surface area contributed by atoms with Crippen molar-refractivity contribution in [2.24, 2.45) is 0 Å². The average molecular weight is 405 g/mol. The summed E-state index contributed by atoms with van der Waals surface area (Å²) in [7, 11) is 0. The molecule has 0 radical (unpaired) electrons. The second kappa shape index (κ2) is 7.98. The van der Waals surface area contributed by atoms with Gasteiger partial charge in [-0.2, -0.15) is 0 Å². The van der Waals surface area contributed by atoms with E-state index < -0.39 is 5.25 Å². The van der Waals surface area contributed by atoms with E-state index in [1.807, 2.05) is 0 Å². The number of carbonyl (C=O) groups excluding carboxylic acids is 1. The molecule has 0 fully saturated rings. The normalized spacial score (nSPS) is 12.1. The van der Waals surface area contributed by atoms with Crippen LogP contribution in [0.3, 0.4) is 0 Å². The van der Waals surface area contributed by atoms with Gasteiger partial charge in [-0.15, -0.1) is 6.58 Å². The lowest BCUT2D eigenvalue weighted by atomic mass is 10.2. The van der Waals surface area contributed by atoms with E-state index in [4.69, 9.17) is 16.1 Å². The fourth-order valence-corrected chi connectivity index (χ4v) is 3.50. The number of nitrogens with one attached hydrogen (secondary N) is 1. The van der Waals surface area contributed by atoms with Gasteiger partial charge in [0.1, 0.15) is 0 Å². The van der Waals surface area contributed by atoms with Gasteiger partial charge in [-0.05, 0) is 32.0 Å². The zero-order chi connectivity index (χ0) is 19.6. The van der Waals surface area contributed by atoms with Crippen molar-refractivity contribution in [1.29, 1.82) is 0 Å². The Labute approximate surface area is 164 Å². The first-order valence-electron chi connectivity index (χ1n) is 8.11. The predicted molar refractivity (Wildman–Crippen MR) is 106 cm³/mol. The van der Waals surface area contributed by atoms with Gasteiger partial charge < -0.3 is 4.52 Å². The third-order valence-electron chi connectivity index (χ3n) is 3.72. The van der Waals surface area contributed by atoms with Gasteiger partial charge in [0.2, 0.25) is 11.8 Å². The molecule has 1 atom stereocenters. The Morgan fingerprint density at radius 3 is 2.93 bits per heavy atom. The summed E-state index contributed by atoms with van der Waals surface area (Å²) in [6.07, 6.45) is 1.61. The van der Waals surface area contributed by atoms with Crippen LogP contribution in [-0.2, 0) is 11.3 Å². The summed E-state index contributed by atoms with van der Waals surface area (Å²) in [5, 5.41) is 7.20. The molecule has 9 heteroatoms. The van der Waals surface area contributed by atoms with Crippen LogP contribution in [0.1, 0.15) is 12.6 Å². The highest BCUT2D eigenvalue weighted by Gasteiger charge is 2.20. The van der Waals surface area contributed by atoms with E-state index in [0.29, 0.717) is 26.8 Å². The predicted octanol–water partition coefficient (Wildman–Crippen LogP) is 3.65. The molecule has 0 spiro atoms. The standard InChI is InChI=1S/C18H17ClN4O3S/c1-4-7-23-17(25)13-6-5-12(19)9-14(13)20-18(23)27-11(3)16(24)21-15-8-10(2)22-26-15/h4-6,8-9,11H,1,7H2,2-3H3,(H,21,24). The molecule has 3 aromatic rings. The van der Waals surface area contributed by atoms with Crippen LogP contribution in [0.5, 0.6) is 0 Å². The third kappa shape index (κ3) is 4.23. The van der Waals surface area contributed by atoms with Crippen molar-refractivity contribution in [2.45, 2.75) is 30.8 Å². The van der Waals surface area contributed by atoms with Crippen molar-refractivity contribution in [2.75, 3.05) is 5.32 Å². The molecule has 2 heterocycles. The number of aromatic nitrogens is 3. The van der Waals surface area contributed by atoms with E-state index in [1.54, 1.807) is 44.2 Å². The molecule has 0 saturated carbocycles. The van der Waals surface area contributed by atoms with E-state index in [0.717, 1.165) is 0 Å². The largest absolute Gasteiger partial charge is 0.338 e. The first-order valence-corrected chi connectivity index (χ1v) is 9.36. The number of fused-ring (bicyclic) bond motifs is 1. The number of aryl methyl sites for hydroxylation is 1. The lowest BCUT2D eigenvalue weighted by Gasteiger charge is -2.15. The molecule has 27 heavy (non-hydrogen) atoms. The third-order valence-corrected chi connectivity index (χ3v) is 5.05. The van der Waals surface area contributed by atoms with Gasteiger partial charge in [0.15, 0.2) is 5.16 Å². The highest BCUT2D eigenvalue weighted by Crippen LogP contribution is 2.25. The highest BCUT2D eigenvalue weighted by atomic mass is 35.5. The smallest absolute Gasteiger partial charge is 0.262 e. The number of anilines is 1. The number of rotatable bonds is 6. The van der Waals surface area contributed by atoms with Crippen LogP contribution < -0.4 is 10.9 Å². The maximum Gasteiger partial charge on any atom is 0.262 e. The SMILES string of the molecule is C=CCn1c(SC(C)C(=O)Nc2cc(C)no2)nc2cc(Cl)ccc2c1=O. The van der Waals surface area contributed by atoms with Crippen LogP contribution >= 0.6 is 23.4 Å². The molecule has 1 N–H and O–H groups in total. The molecular formula is C18H17ClN4O3S. The van der Waals surface area contributed by atoms with Gasteiger partial charge in [-0.1, -0.05) is 34.6 Å². The summed E-state index contributed by atoms with van der Waals surface area (Å²) >= 11 is 7.19. The Kier molecular flexibility index (Phi) is 5.67. The number of hydrogen-bond donors (Lipinski definition) is 1. The number of allylic oxidation sites excluding steroid dienone is 1. The quantitative estimate of drug-likeness (QED) is 0.383. The molecule has 140 valence electrons. The molecule has 0 aliphatic carbocycles. The highest BCUT2D eigenvalue weighted by molar-refractivity contribution is 8.00. The van der Waals surface area contributed by atoms with E-state index in [9.17, 15) is 9.59 Å². The molecule has 1 unspecified atom stereocenters. The molecule has 0 bridgehead atoms. The lowest BCUT2D eigenvalue weighted by molar-refractivity contribution is -0.115. The Hall–Kier alpha value is -2.58. The number of thioether (sulfide) groups is 1. The molecule has 3 rings (SSSR count). The van der Waals surface area contributed by atoms with Crippen molar-refractivity contribution in [3.63, 3.8) is 0 Å². The summed E-state index contributed by atoms with van der Waals surface area (Å²) in [6, 6.07) is 6.54. The van der Waals surface area contributed by atoms with E-state index in [1.165, 1.54) is 16.3 Å². The minimum Gasteiger partial charge on any atom is -0.338 e. The van der Waals surface area contributed by atoms with Crippen molar-refractivity contribution in [1.82, 2.24) is 14.7 Å². The molecule has 7 nitrogen and oxygen atoms in total. The zero-order valence-electron chi connectivity index (χ0n) is 14.7. The summed E-state index contributed by atoms with van der Waals surface area (Å²) in [6.45, 7) is 7.45. The van der Waals surface area contributed by atoms with Crippen LogP contribution in [0, 0.1) is 6.92 Å². The van der Waals surface area contributed by atoms with Crippen molar-refractivity contribution >= 4 is 46.1 Å². The fourth-order valence-electron chi connectivity index (χ4n) is 2.41. The van der Waals surface area contributed by atoms with Crippen molar-refractivity contribution < 1.29 is 9.32 Å². The number of halogens is 1. The molecule has 2 aromatic heterocycles. The fraction of sp³-hybridized carbons (Fsp3) is 0.222. The Morgan fingerprint density at radius 2 is 2.26 bits per heavy atom. The van der Waals surface area contributed by atoms with Crippen LogP contribution in [0.4, 0.5) is 5.88 Å². The monoisotopic (exact) mass is 404 g/mol. The maximum atomic E-state index is 12.8. The molecule has 0 saturated heterocycles. The molecule has 1 aromatic carbocycles. The zero-order valence-corrected chi connectivity index (χ0v) is 16.3. The van der Waals surface area contributed by atoms with Crippen LogP contribution in [0.2, 0.25) is 5.02 Å². The Balaban J connectivity index is 1.92. The minimum atomic E-state index is -0.532. The van der Waals surface area contributed by atoms with Gasteiger partial charge in [-0.25, -0.2) is 4.98 Å². The van der Waals surface area contributed by atoms with E-state index >= 15 is 0 Å². The van der Waals surface area contributed by atoms with Crippen LogP contribution in [0.25, 0.3) is 10.9 Å². The van der Waals surface area contributed by atoms with Crippen LogP contribution in [-0.4, -0.2) is 25.9 Å². The average Bonchev–Trinajstić information content (AvgIpc) is 3.02. The summed E-state index contributed by atoms with van der Waals surface area (Å²) in [5.41, 5.74) is 0.935. The summed E-state index contributed by atoms with van der Waals surface area (Å²) in [5.74, 6) is -0.0200. The van der Waals surface area contributed by atoms with E-state index in [2.05, 4.69) is 22.0 Å².